The Morgan fingerprint density at radius 1 is 1.08 bits per heavy atom. The van der Waals surface area contributed by atoms with E-state index in [1.807, 2.05) is 44.2 Å². The van der Waals surface area contributed by atoms with Crippen LogP contribution in [0, 0.1) is 0 Å². The molecule has 1 aliphatic carbocycles. The zero-order valence-corrected chi connectivity index (χ0v) is 14.8. The summed E-state index contributed by atoms with van der Waals surface area (Å²) in [6, 6.07) is 17.4. The van der Waals surface area contributed by atoms with Gasteiger partial charge < -0.3 is 5.32 Å². The Bertz CT molecular complexity index is 1020. The molecule has 3 aromatic rings. The summed E-state index contributed by atoms with van der Waals surface area (Å²) >= 11 is 0. The highest BCUT2D eigenvalue weighted by molar-refractivity contribution is 6.05. The summed E-state index contributed by atoms with van der Waals surface area (Å²) in [5.41, 5.74) is 1.39. The number of carbonyl (C=O) groups excluding carboxylic acids is 1. The lowest BCUT2D eigenvalue weighted by Crippen LogP contribution is -2.32. The van der Waals surface area contributed by atoms with E-state index < -0.39 is 0 Å². The molecule has 26 heavy (non-hydrogen) atoms. The van der Waals surface area contributed by atoms with Crippen molar-refractivity contribution in [3.8, 4) is 0 Å². The highest BCUT2D eigenvalue weighted by atomic mass is 16.2. The standard InChI is InChI=1S/C21H21N3O2/c1-13(2)24-21(26)16-11-7-6-10-15(16)19(23-24)20(25)22-18-12-17(18)14-8-4-3-5-9-14/h3-11,13,17-18H,12H2,1-2H3,(H,22,25)/t17-,18+/m0/s1. The molecular formula is C21H21N3O2. The van der Waals surface area contributed by atoms with E-state index in [2.05, 4.69) is 22.5 Å². The molecule has 0 radical (unpaired) electrons. The van der Waals surface area contributed by atoms with Gasteiger partial charge in [0, 0.05) is 17.3 Å². The van der Waals surface area contributed by atoms with Gasteiger partial charge >= 0.3 is 0 Å². The minimum atomic E-state index is -0.223. The summed E-state index contributed by atoms with van der Waals surface area (Å²) in [4.78, 5) is 25.5. The second-order valence-corrected chi connectivity index (χ2v) is 7.07. The third-order valence-corrected chi connectivity index (χ3v) is 4.87. The molecule has 1 saturated carbocycles. The topological polar surface area (TPSA) is 64.0 Å². The van der Waals surface area contributed by atoms with Gasteiger partial charge in [-0.05, 0) is 31.9 Å². The van der Waals surface area contributed by atoms with Crippen molar-refractivity contribution in [1.82, 2.24) is 15.1 Å². The van der Waals surface area contributed by atoms with Crippen LogP contribution in [-0.2, 0) is 0 Å². The van der Waals surface area contributed by atoms with Crippen molar-refractivity contribution in [2.75, 3.05) is 0 Å². The van der Waals surface area contributed by atoms with Gasteiger partial charge in [0.05, 0.1) is 11.4 Å². The lowest BCUT2D eigenvalue weighted by Gasteiger charge is -2.13. The highest BCUT2D eigenvalue weighted by Crippen LogP contribution is 2.40. The molecule has 1 fully saturated rings. The fourth-order valence-corrected chi connectivity index (χ4v) is 3.38. The van der Waals surface area contributed by atoms with E-state index in [4.69, 9.17) is 0 Å². The van der Waals surface area contributed by atoms with Gasteiger partial charge in [0.2, 0.25) is 0 Å². The summed E-state index contributed by atoms with van der Waals surface area (Å²) < 4.78 is 1.39. The lowest BCUT2D eigenvalue weighted by atomic mass is 10.1. The first-order valence-corrected chi connectivity index (χ1v) is 8.93. The minimum Gasteiger partial charge on any atom is -0.347 e. The van der Waals surface area contributed by atoms with Crippen LogP contribution >= 0.6 is 0 Å². The van der Waals surface area contributed by atoms with Crippen LogP contribution in [0.15, 0.2) is 59.4 Å². The van der Waals surface area contributed by atoms with Gasteiger partial charge in [-0.2, -0.15) is 5.10 Å². The molecule has 4 rings (SSSR count). The predicted molar refractivity (Wildman–Crippen MR) is 101 cm³/mol. The normalized spacial score (nSPS) is 18.9. The van der Waals surface area contributed by atoms with Crippen LogP contribution in [0.5, 0.6) is 0 Å². The van der Waals surface area contributed by atoms with Gasteiger partial charge in [-0.15, -0.1) is 0 Å². The Balaban J connectivity index is 1.65. The zero-order chi connectivity index (χ0) is 18.3. The Morgan fingerprint density at radius 3 is 2.42 bits per heavy atom. The van der Waals surface area contributed by atoms with Crippen molar-refractivity contribution in [3.63, 3.8) is 0 Å². The number of aromatic nitrogens is 2. The Morgan fingerprint density at radius 2 is 1.73 bits per heavy atom. The Hall–Kier alpha value is -2.95. The second kappa shape index (κ2) is 6.41. The van der Waals surface area contributed by atoms with Crippen LogP contribution in [0.25, 0.3) is 10.8 Å². The molecule has 0 unspecified atom stereocenters. The number of hydrogen-bond acceptors (Lipinski definition) is 3. The molecule has 1 aliphatic rings. The average molecular weight is 347 g/mol. The number of benzene rings is 2. The first-order chi connectivity index (χ1) is 12.6. The van der Waals surface area contributed by atoms with E-state index >= 15 is 0 Å². The maximum atomic E-state index is 12.9. The van der Waals surface area contributed by atoms with Crippen LogP contribution in [0.1, 0.15) is 48.3 Å². The molecule has 0 aliphatic heterocycles. The van der Waals surface area contributed by atoms with Crippen LogP contribution < -0.4 is 10.9 Å². The first kappa shape index (κ1) is 16.5. The number of amides is 1. The molecule has 0 bridgehead atoms. The van der Waals surface area contributed by atoms with Gasteiger partial charge in [0.15, 0.2) is 5.69 Å². The molecule has 5 nitrogen and oxygen atoms in total. The van der Waals surface area contributed by atoms with Crippen molar-refractivity contribution in [2.45, 2.75) is 38.3 Å². The van der Waals surface area contributed by atoms with Crippen molar-refractivity contribution < 1.29 is 4.79 Å². The first-order valence-electron chi connectivity index (χ1n) is 8.93. The summed E-state index contributed by atoms with van der Waals surface area (Å²) in [6.45, 7) is 3.77. The number of nitrogens with zero attached hydrogens (tertiary/aromatic N) is 2. The smallest absolute Gasteiger partial charge is 0.274 e. The number of rotatable bonds is 4. The van der Waals surface area contributed by atoms with E-state index in [1.165, 1.54) is 10.2 Å². The number of carbonyl (C=O) groups is 1. The van der Waals surface area contributed by atoms with Crippen LogP contribution in [0.3, 0.4) is 0 Å². The largest absolute Gasteiger partial charge is 0.347 e. The molecule has 2 aromatic carbocycles. The molecule has 1 N–H and O–H groups in total. The van der Waals surface area contributed by atoms with E-state index in [9.17, 15) is 9.59 Å². The molecule has 5 heteroatoms. The molecular weight excluding hydrogens is 326 g/mol. The maximum absolute atomic E-state index is 12.9. The Labute approximate surface area is 151 Å². The summed E-state index contributed by atoms with van der Waals surface area (Å²) in [7, 11) is 0. The molecule has 0 saturated heterocycles. The van der Waals surface area contributed by atoms with Crippen LogP contribution in [0.2, 0.25) is 0 Å². The fraction of sp³-hybridized carbons (Fsp3) is 0.286. The number of nitrogens with one attached hydrogen (secondary N) is 1. The molecule has 2 atom stereocenters. The quantitative estimate of drug-likeness (QED) is 0.788. The molecule has 1 aromatic heterocycles. The van der Waals surface area contributed by atoms with Crippen molar-refractivity contribution in [2.24, 2.45) is 0 Å². The molecule has 1 amide bonds. The zero-order valence-electron chi connectivity index (χ0n) is 14.8. The van der Waals surface area contributed by atoms with Gasteiger partial charge in [0.1, 0.15) is 0 Å². The Kier molecular flexibility index (Phi) is 4.07. The highest BCUT2D eigenvalue weighted by Gasteiger charge is 2.40. The van der Waals surface area contributed by atoms with Gasteiger partial charge in [-0.3, -0.25) is 9.59 Å². The van der Waals surface area contributed by atoms with Crippen molar-refractivity contribution >= 4 is 16.7 Å². The summed E-state index contributed by atoms with van der Waals surface area (Å²) in [5.74, 6) is 0.126. The predicted octanol–water partition coefficient (Wildman–Crippen LogP) is 3.26. The number of hydrogen-bond donors (Lipinski definition) is 1. The van der Waals surface area contributed by atoms with Crippen LogP contribution in [0.4, 0.5) is 0 Å². The van der Waals surface area contributed by atoms with Gasteiger partial charge in [0.25, 0.3) is 11.5 Å². The van der Waals surface area contributed by atoms with Gasteiger partial charge in [-0.1, -0.05) is 48.5 Å². The summed E-state index contributed by atoms with van der Waals surface area (Å²) in [5, 5.41) is 8.58. The van der Waals surface area contributed by atoms with Crippen molar-refractivity contribution in [1.29, 1.82) is 0 Å². The minimum absolute atomic E-state index is 0.114. The van der Waals surface area contributed by atoms with E-state index in [0.717, 1.165) is 6.42 Å². The lowest BCUT2D eigenvalue weighted by molar-refractivity contribution is 0.0944. The molecule has 1 heterocycles. The summed E-state index contributed by atoms with van der Waals surface area (Å²) in [6.07, 6.45) is 0.928. The second-order valence-electron chi connectivity index (χ2n) is 7.07. The van der Waals surface area contributed by atoms with E-state index in [0.29, 0.717) is 22.4 Å². The molecule has 0 spiro atoms. The number of fused-ring (bicyclic) bond motifs is 1. The maximum Gasteiger partial charge on any atom is 0.274 e. The van der Waals surface area contributed by atoms with E-state index in [1.54, 1.807) is 12.1 Å². The average Bonchev–Trinajstić information content (AvgIpc) is 3.41. The third kappa shape index (κ3) is 2.90. The third-order valence-electron chi connectivity index (χ3n) is 4.87. The van der Waals surface area contributed by atoms with Gasteiger partial charge in [-0.25, -0.2) is 4.68 Å². The monoisotopic (exact) mass is 347 g/mol. The van der Waals surface area contributed by atoms with Crippen LogP contribution in [-0.4, -0.2) is 21.7 Å². The fourth-order valence-electron chi connectivity index (χ4n) is 3.38. The van der Waals surface area contributed by atoms with E-state index in [-0.39, 0.29) is 23.6 Å². The van der Waals surface area contributed by atoms with Crippen molar-refractivity contribution in [3.05, 3.63) is 76.2 Å². The molecule has 132 valence electrons. The SMILES string of the molecule is CC(C)n1nc(C(=O)N[C@@H]2C[C@H]2c2ccccc2)c2ccccc2c1=O.